The minimum Gasteiger partial charge on any atom is -0.351 e. The van der Waals surface area contributed by atoms with Gasteiger partial charge >= 0.3 is 0 Å². The lowest BCUT2D eigenvalue weighted by Crippen LogP contribution is -2.50. The SMILES string of the molecule is CC(C)n1nc(N2CCCCC2CNS(=O)(=O)N2CCCC2)ccc1=O. The number of nitrogens with zero attached hydrogens (tertiary/aromatic N) is 4. The summed E-state index contributed by atoms with van der Waals surface area (Å²) < 4.78 is 30.7. The number of hydrogen-bond acceptors (Lipinski definition) is 5. The molecule has 1 aromatic rings. The first-order valence-electron chi connectivity index (χ1n) is 9.50. The van der Waals surface area contributed by atoms with Crippen LogP contribution in [0.5, 0.6) is 0 Å². The Hall–Kier alpha value is -1.45. The molecular formula is C17H29N5O3S. The molecule has 0 bridgehead atoms. The maximum atomic E-state index is 12.4. The molecule has 0 aliphatic carbocycles. The number of rotatable bonds is 6. The van der Waals surface area contributed by atoms with E-state index in [9.17, 15) is 13.2 Å². The number of anilines is 1. The molecule has 1 N–H and O–H groups in total. The molecule has 1 atom stereocenters. The quantitative estimate of drug-likeness (QED) is 0.795. The lowest BCUT2D eigenvalue weighted by molar-refractivity contribution is 0.424. The third-order valence-corrected chi connectivity index (χ3v) is 6.70. The van der Waals surface area contributed by atoms with Crippen LogP contribution in [0.4, 0.5) is 5.82 Å². The molecule has 1 aromatic heterocycles. The van der Waals surface area contributed by atoms with Crippen molar-refractivity contribution in [3.05, 3.63) is 22.5 Å². The van der Waals surface area contributed by atoms with Crippen molar-refractivity contribution in [2.24, 2.45) is 0 Å². The van der Waals surface area contributed by atoms with E-state index in [1.807, 2.05) is 13.8 Å². The summed E-state index contributed by atoms with van der Waals surface area (Å²) in [4.78, 5) is 14.1. The maximum absolute atomic E-state index is 12.4. The molecule has 0 amide bonds. The normalized spacial score (nSPS) is 22.3. The van der Waals surface area contributed by atoms with Crippen LogP contribution in [0.1, 0.15) is 52.0 Å². The highest BCUT2D eigenvalue weighted by molar-refractivity contribution is 7.87. The summed E-state index contributed by atoms with van der Waals surface area (Å²) in [5, 5.41) is 4.51. The third-order valence-electron chi connectivity index (χ3n) is 5.13. The molecule has 8 nitrogen and oxygen atoms in total. The minimum absolute atomic E-state index is 0.0145. The van der Waals surface area contributed by atoms with E-state index in [-0.39, 0.29) is 17.6 Å². The largest absolute Gasteiger partial charge is 0.351 e. The predicted octanol–water partition coefficient (Wildman–Crippen LogP) is 1.11. The van der Waals surface area contributed by atoms with Gasteiger partial charge in [-0.25, -0.2) is 9.40 Å². The highest BCUT2D eigenvalue weighted by atomic mass is 32.2. The van der Waals surface area contributed by atoms with Crippen LogP contribution >= 0.6 is 0 Å². The number of nitrogens with one attached hydrogen (secondary N) is 1. The van der Waals surface area contributed by atoms with Gasteiger partial charge in [0.2, 0.25) is 0 Å². The van der Waals surface area contributed by atoms with Crippen molar-refractivity contribution >= 4 is 16.0 Å². The topological polar surface area (TPSA) is 87.5 Å². The standard InChI is InChI=1S/C17H29N5O3S/c1-14(2)22-17(23)9-8-16(19-22)21-12-4-3-7-15(21)13-18-26(24,25)20-10-5-6-11-20/h8-9,14-15,18H,3-7,10-13H2,1-2H3. The predicted molar refractivity (Wildman–Crippen MR) is 102 cm³/mol. The smallest absolute Gasteiger partial charge is 0.279 e. The molecule has 9 heteroatoms. The zero-order valence-electron chi connectivity index (χ0n) is 15.6. The van der Waals surface area contributed by atoms with Crippen LogP contribution in [0.3, 0.4) is 0 Å². The van der Waals surface area contributed by atoms with E-state index in [2.05, 4.69) is 14.7 Å². The van der Waals surface area contributed by atoms with E-state index >= 15 is 0 Å². The molecule has 2 saturated heterocycles. The third kappa shape index (κ3) is 4.27. The van der Waals surface area contributed by atoms with Crippen molar-refractivity contribution in [1.29, 1.82) is 0 Å². The Bertz CT molecular complexity index is 771. The average molecular weight is 384 g/mol. The van der Waals surface area contributed by atoms with Crippen molar-refractivity contribution in [3.8, 4) is 0 Å². The van der Waals surface area contributed by atoms with Crippen LogP contribution in [0.2, 0.25) is 0 Å². The molecule has 146 valence electrons. The summed E-state index contributed by atoms with van der Waals surface area (Å²) >= 11 is 0. The molecule has 2 fully saturated rings. The van der Waals surface area contributed by atoms with E-state index in [1.165, 1.54) is 8.99 Å². The first-order valence-corrected chi connectivity index (χ1v) is 10.9. The highest BCUT2D eigenvalue weighted by Crippen LogP contribution is 2.23. The van der Waals surface area contributed by atoms with Gasteiger partial charge in [-0.2, -0.15) is 17.8 Å². The van der Waals surface area contributed by atoms with Gasteiger partial charge in [0.15, 0.2) is 0 Å². The Morgan fingerprint density at radius 3 is 2.54 bits per heavy atom. The Labute approximate surface area is 155 Å². The van der Waals surface area contributed by atoms with Gasteiger partial charge in [0.1, 0.15) is 5.82 Å². The van der Waals surface area contributed by atoms with Gasteiger partial charge in [0, 0.05) is 38.3 Å². The molecule has 0 aromatic carbocycles. The van der Waals surface area contributed by atoms with E-state index in [0.717, 1.165) is 44.5 Å². The molecule has 26 heavy (non-hydrogen) atoms. The summed E-state index contributed by atoms with van der Waals surface area (Å²) in [5.74, 6) is 0.739. The van der Waals surface area contributed by atoms with Crippen LogP contribution in [0, 0.1) is 0 Å². The molecule has 2 aliphatic heterocycles. The maximum Gasteiger partial charge on any atom is 0.279 e. The zero-order valence-corrected chi connectivity index (χ0v) is 16.4. The first kappa shape index (κ1) is 19.3. The molecule has 3 heterocycles. The Morgan fingerprint density at radius 2 is 1.85 bits per heavy atom. The van der Waals surface area contributed by atoms with Gasteiger partial charge in [0.25, 0.3) is 15.8 Å². The lowest BCUT2D eigenvalue weighted by Gasteiger charge is -2.37. The van der Waals surface area contributed by atoms with Crippen molar-refractivity contribution in [2.45, 2.75) is 58.0 Å². The van der Waals surface area contributed by atoms with Crippen LogP contribution in [0.15, 0.2) is 16.9 Å². The summed E-state index contributed by atoms with van der Waals surface area (Å²) in [6.45, 7) is 6.24. The number of aromatic nitrogens is 2. The second-order valence-corrected chi connectivity index (χ2v) is 9.13. The molecule has 1 unspecified atom stereocenters. The van der Waals surface area contributed by atoms with Crippen LogP contribution in [0.25, 0.3) is 0 Å². The van der Waals surface area contributed by atoms with Gasteiger partial charge < -0.3 is 4.90 Å². The van der Waals surface area contributed by atoms with Gasteiger partial charge in [-0.1, -0.05) is 0 Å². The molecule has 2 aliphatic rings. The Kier molecular flexibility index (Phi) is 5.99. The van der Waals surface area contributed by atoms with Gasteiger partial charge in [-0.05, 0) is 52.0 Å². The van der Waals surface area contributed by atoms with Crippen LogP contribution in [-0.4, -0.2) is 54.7 Å². The molecular weight excluding hydrogens is 354 g/mol. The average Bonchev–Trinajstić information content (AvgIpc) is 3.16. The summed E-state index contributed by atoms with van der Waals surface area (Å²) in [7, 11) is -3.41. The zero-order chi connectivity index (χ0) is 18.7. The molecule has 3 rings (SSSR count). The van der Waals surface area contributed by atoms with Gasteiger partial charge in [-0.3, -0.25) is 4.79 Å². The molecule has 0 saturated carbocycles. The van der Waals surface area contributed by atoms with Crippen LogP contribution < -0.4 is 15.2 Å². The number of hydrogen-bond donors (Lipinski definition) is 1. The van der Waals surface area contributed by atoms with Crippen molar-refractivity contribution in [1.82, 2.24) is 18.8 Å². The van der Waals surface area contributed by atoms with Crippen LogP contribution in [-0.2, 0) is 10.2 Å². The second-order valence-electron chi connectivity index (χ2n) is 7.37. The van der Waals surface area contributed by atoms with E-state index < -0.39 is 10.2 Å². The lowest BCUT2D eigenvalue weighted by atomic mass is 10.0. The number of piperidine rings is 1. The monoisotopic (exact) mass is 383 g/mol. The van der Waals surface area contributed by atoms with Gasteiger partial charge in [-0.15, -0.1) is 0 Å². The summed E-state index contributed by atoms with van der Waals surface area (Å²) in [6, 6.07) is 3.32. The van der Waals surface area contributed by atoms with Crippen molar-refractivity contribution in [3.63, 3.8) is 0 Å². The molecule has 0 spiro atoms. The summed E-state index contributed by atoms with van der Waals surface area (Å²) in [6.07, 6.45) is 4.87. The fourth-order valence-corrected chi connectivity index (χ4v) is 5.00. The first-order chi connectivity index (χ1) is 12.4. The van der Waals surface area contributed by atoms with Crippen molar-refractivity contribution in [2.75, 3.05) is 31.1 Å². The highest BCUT2D eigenvalue weighted by Gasteiger charge is 2.29. The van der Waals surface area contributed by atoms with E-state index in [1.54, 1.807) is 12.1 Å². The second kappa shape index (κ2) is 8.06. The van der Waals surface area contributed by atoms with Gasteiger partial charge in [0.05, 0.1) is 6.04 Å². The fraction of sp³-hybridized carbons (Fsp3) is 0.765. The van der Waals surface area contributed by atoms with E-state index in [0.29, 0.717) is 19.6 Å². The Morgan fingerprint density at radius 1 is 1.15 bits per heavy atom. The summed E-state index contributed by atoms with van der Waals surface area (Å²) in [5.41, 5.74) is -0.118. The Balaban J connectivity index is 1.74. The fourth-order valence-electron chi connectivity index (χ4n) is 3.67. The molecule has 0 radical (unpaired) electrons. The minimum atomic E-state index is -3.41. The van der Waals surface area contributed by atoms with Crippen molar-refractivity contribution < 1.29 is 8.42 Å². The van der Waals surface area contributed by atoms with E-state index in [4.69, 9.17) is 0 Å².